The molecular weight excluding hydrogens is 232 g/mol. The maximum absolute atomic E-state index is 11.0. The van der Waals surface area contributed by atoms with Crippen LogP contribution in [0.25, 0.3) is 0 Å². The van der Waals surface area contributed by atoms with Crippen molar-refractivity contribution in [3.05, 3.63) is 29.8 Å². The number of carbonyl (C=O) groups is 2. The third-order valence-corrected chi connectivity index (χ3v) is 2.68. The number of primary amides is 2. The third-order valence-electron chi connectivity index (χ3n) is 1.98. The SMILES string of the molecule is NC(=O)C(C(N)=O)c1cccc([SH](=O)=O)c1. The van der Waals surface area contributed by atoms with E-state index in [1.54, 1.807) is 0 Å². The van der Waals surface area contributed by atoms with Crippen LogP contribution < -0.4 is 11.5 Å². The summed E-state index contributed by atoms with van der Waals surface area (Å²) in [7, 11) is -2.78. The van der Waals surface area contributed by atoms with Gasteiger partial charge in [-0.15, -0.1) is 0 Å². The molecule has 2 amide bonds. The van der Waals surface area contributed by atoms with Crippen molar-refractivity contribution < 1.29 is 18.0 Å². The second-order valence-corrected chi connectivity index (χ2v) is 4.12. The van der Waals surface area contributed by atoms with Gasteiger partial charge in [0.05, 0.1) is 4.90 Å². The van der Waals surface area contributed by atoms with Crippen LogP contribution in [0.2, 0.25) is 0 Å². The minimum Gasteiger partial charge on any atom is -0.369 e. The molecule has 0 heterocycles. The highest BCUT2D eigenvalue weighted by Crippen LogP contribution is 2.17. The number of amides is 2. The molecule has 6 nitrogen and oxygen atoms in total. The summed E-state index contributed by atoms with van der Waals surface area (Å²) in [5.41, 5.74) is 10.2. The molecule has 4 N–H and O–H groups in total. The van der Waals surface area contributed by atoms with E-state index in [0.29, 0.717) is 0 Å². The Balaban J connectivity index is 3.25. The number of nitrogens with two attached hydrogens (primary N) is 2. The van der Waals surface area contributed by atoms with E-state index in [2.05, 4.69) is 0 Å². The van der Waals surface area contributed by atoms with Gasteiger partial charge in [-0.25, -0.2) is 8.42 Å². The van der Waals surface area contributed by atoms with E-state index >= 15 is 0 Å². The van der Waals surface area contributed by atoms with Gasteiger partial charge in [-0.3, -0.25) is 9.59 Å². The van der Waals surface area contributed by atoms with Crippen LogP contribution in [0.5, 0.6) is 0 Å². The number of rotatable bonds is 4. The summed E-state index contributed by atoms with van der Waals surface area (Å²) in [5, 5.41) is 0. The Hall–Kier alpha value is -1.89. The van der Waals surface area contributed by atoms with Gasteiger partial charge in [0.25, 0.3) is 0 Å². The number of carbonyl (C=O) groups excluding carboxylic acids is 2. The molecular formula is C9H10N2O4S. The van der Waals surface area contributed by atoms with Gasteiger partial charge < -0.3 is 11.5 Å². The highest BCUT2D eigenvalue weighted by atomic mass is 32.2. The molecule has 0 bridgehead atoms. The summed E-state index contributed by atoms with van der Waals surface area (Å²) in [6.07, 6.45) is 0. The molecule has 7 heteroatoms. The van der Waals surface area contributed by atoms with Gasteiger partial charge in [-0.05, 0) is 17.7 Å². The summed E-state index contributed by atoms with van der Waals surface area (Å²) in [6.45, 7) is 0. The average Bonchev–Trinajstić information content (AvgIpc) is 2.16. The Morgan fingerprint density at radius 1 is 1.12 bits per heavy atom. The molecule has 0 aliphatic carbocycles. The maximum atomic E-state index is 11.0. The molecule has 0 aliphatic rings. The van der Waals surface area contributed by atoms with Crippen molar-refractivity contribution in [1.82, 2.24) is 0 Å². The molecule has 0 atom stereocenters. The van der Waals surface area contributed by atoms with E-state index in [0.717, 1.165) is 0 Å². The normalized spacial score (nSPS) is 10.6. The molecule has 0 saturated heterocycles. The van der Waals surface area contributed by atoms with Gasteiger partial charge in [-0.1, -0.05) is 12.1 Å². The van der Waals surface area contributed by atoms with Crippen molar-refractivity contribution >= 4 is 22.5 Å². The van der Waals surface area contributed by atoms with E-state index in [4.69, 9.17) is 11.5 Å². The predicted octanol–water partition coefficient (Wildman–Crippen LogP) is -1.29. The van der Waals surface area contributed by atoms with Crippen LogP contribution in [0, 0.1) is 0 Å². The van der Waals surface area contributed by atoms with Gasteiger partial charge in [0.1, 0.15) is 5.92 Å². The largest absolute Gasteiger partial charge is 0.369 e. The van der Waals surface area contributed by atoms with Crippen molar-refractivity contribution in [2.45, 2.75) is 10.8 Å². The van der Waals surface area contributed by atoms with Gasteiger partial charge in [0.15, 0.2) is 10.7 Å². The first-order valence-electron chi connectivity index (χ1n) is 4.26. The molecule has 0 aromatic heterocycles. The lowest BCUT2D eigenvalue weighted by Crippen LogP contribution is -2.33. The molecule has 0 fully saturated rings. The van der Waals surface area contributed by atoms with E-state index in [1.807, 2.05) is 0 Å². The fourth-order valence-electron chi connectivity index (χ4n) is 1.29. The molecule has 0 aliphatic heterocycles. The Labute approximate surface area is 93.2 Å². The summed E-state index contributed by atoms with van der Waals surface area (Å²) in [4.78, 5) is 22.0. The number of benzene rings is 1. The van der Waals surface area contributed by atoms with E-state index in [1.165, 1.54) is 24.3 Å². The van der Waals surface area contributed by atoms with Gasteiger partial charge in [0.2, 0.25) is 11.8 Å². The minimum atomic E-state index is -2.78. The molecule has 1 aromatic carbocycles. The summed E-state index contributed by atoms with van der Waals surface area (Å²) < 4.78 is 21.4. The summed E-state index contributed by atoms with van der Waals surface area (Å²) in [5.74, 6) is -3.13. The monoisotopic (exact) mass is 242 g/mol. The van der Waals surface area contributed by atoms with Gasteiger partial charge in [-0.2, -0.15) is 0 Å². The lowest BCUT2D eigenvalue weighted by atomic mass is 9.98. The Morgan fingerprint density at radius 2 is 1.69 bits per heavy atom. The number of hydrogen-bond acceptors (Lipinski definition) is 4. The second kappa shape index (κ2) is 4.75. The lowest BCUT2D eigenvalue weighted by Gasteiger charge is -2.09. The standard InChI is InChI=1S/C9H10N2O4S/c10-8(12)7(9(11)13)5-2-1-3-6(4-5)16(14)15/h1-4,7,16H,(H2,10,12)(H2,11,13). The van der Waals surface area contributed by atoms with Crippen LogP contribution >= 0.6 is 0 Å². The van der Waals surface area contributed by atoms with Crippen molar-refractivity contribution in [1.29, 1.82) is 0 Å². The maximum Gasteiger partial charge on any atom is 0.234 e. The lowest BCUT2D eigenvalue weighted by molar-refractivity contribution is -0.128. The molecule has 0 unspecified atom stereocenters. The quantitative estimate of drug-likeness (QED) is 0.449. The van der Waals surface area contributed by atoms with E-state index < -0.39 is 28.4 Å². The van der Waals surface area contributed by atoms with Crippen LogP contribution in [0.1, 0.15) is 11.5 Å². The topological polar surface area (TPSA) is 120 Å². The van der Waals surface area contributed by atoms with Crippen molar-refractivity contribution in [3.8, 4) is 0 Å². The highest BCUT2D eigenvalue weighted by Gasteiger charge is 2.24. The minimum absolute atomic E-state index is 0.000000000000000222. The average molecular weight is 242 g/mol. The van der Waals surface area contributed by atoms with Crippen molar-refractivity contribution in [2.24, 2.45) is 11.5 Å². The molecule has 16 heavy (non-hydrogen) atoms. The Kier molecular flexibility index (Phi) is 3.62. The first-order valence-corrected chi connectivity index (χ1v) is 5.44. The van der Waals surface area contributed by atoms with Crippen LogP contribution in [0.15, 0.2) is 29.2 Å². The Morgan fingerprint density at radius 3 is 2.12 bits per heavy atom. The van der Waals surface area contributed by atoms with Crippen LogP contribution in [-0.2, 0) is 20.3 Å². The van der Waals surface area contributed by atoms with E-state index in [9.17, 15) is 18.0 Å². The zero-order valence-corrected chi connectivity index (χ0v) is 9.02. The van der Waals surface area contributed by atoms with Crippen LogP contribution in [0.4, 0.5) is 0 Å². The summed E-state index contributed by atoms with van der Waals surface area (Å²) in [6, 6.07) is 5.37. The number of thiol groups is 1. The van der Waals surface area contributed by atoms with E-state index in [-0.39, 0.29) is 10.5 Å². The molecule has 0 radical (unpaired) electrons. The fourth-order valence-corrected chi connectivity index (χ4v) is 1.75. The molecule has 1 aromatic rings. The van der Waals surface area contributed by atoms with Gasteiger partial charge >= 0.3 is 0 Å². The van der Waals surface area contributed by atoms with Crippen molar-refractivity contribution in [3.63, 3.8) is 0 Å². The highest BCUT2D eigenvalue weighted by molar-refractivity contribution is 7.72. The first kappa shape index (κ1) is 12.2. The zero-order chi connectivity index (χ0) is 12.3. The van der Waals surface area contributed by atoms with Crippen LogP contribution in [0.3, 0.4) is 0 Å². The van der Waals surface area contributed by atoms with Crippen molar-refractivity contribution in [2.75, 3.05) is 0 Å². The molecule has 0 saturated carbocycles. The molecule has 1 rings (SSSR count). The first-order chi connectivity index (χ1) is 7.43. The number of hydrogen-bond donors (Lipinski definition) is 3. The smallest absolute Gasteiger partial charge is 0.234 e. The fraction of sp³-hybridized carbons (Fsp3) is 0.111. The molecule has 86 valence electrons. The Bertz CT molecular complexity index is 488. The third kappa shape index (κ3) is 2.57. The molecule has 0 spiro atoms. The zero-order valence-electron chi connectivity index (χ0n) is 8.12. The van der Waals surface area contributed by atoms with Crippen LogP contribution in [-0.4, -0.2) is 20.2 Å². The van der Waals surface area contributed by atoms with Gasteiger partial charge in [0, 0.05) is 0 Å². The second-order valence-electron chi connectivity index (χ2n) is 3.09. The summed E-state index contributed by atoms with van der Waals surface area (Å²) >= 11 is 0. The predicted molar refractivity (Wildman–Crippen MR) is 56.2 cm³/mol.